The Hall–Kier alpha value is -1.26. The summed E-state index contributed by atoms with van der Waals surface area (Å²) in [6.45, 7) is 11.8. The van der Waals surface area contributed by atoms with E-state index in [1.54, 1.807) is 11.8 Å². The number of carbonyl (C=O) groups is 2. The van der Waals surface area contributed by atoms with Crippen LogP contribution in [0.3, 0.4) is 0 Å². The van der Waals surface area contributed by atoms with Gasteiger partial charge < -0.3 is 14.9 Å². The zero-order chi connectivity index (χ0) is 15.5. The average Bonchev–Trinajstić information content (AvgIpc) is 2.69. The molecule has 0 aromatic carbocycles. The summed E-state index contributed by atoms with van der Waals surface area (Å²) in [4.78, 5) is 27.6. The summed E-state index contributed by atoms with van der Waals surface area (Å²) in [6, 6.07) is -0.130. The number of carbonyl (C=O) groups excluding carboxylic acids is 1. The zero-order valence-corrected chi connectivity index (χ0v) is 13.3. The van der Waals surface area contributed by atoms with Crippen LogP contribution in [0.2, 0.25) is 0 Å². The molecule has 0 aliphatic carbocycles. The Morgan fingerprint density at radius 3 is 2.10 bits per heavy atom. The first-order valence-electron chi connectivity index (χ1n) is 7.48. The highest BCUT2D eigenvalue weighted by Gasteiger charge is 2.47. The molecule has 5 heteroatoms. The summed E-state index contributed by atoms with van der Waals surface area (Å²) in [6.07, 6.45) is 1.29. The number of nitrogens with zero attached hydrogens (tertiary/aromatic N) is 2. The van der Waals surface area contributed by atoms with E-state index in [-0.39, 0.29) is 6.03 Å². The van der Waals surface area contributed by atoms with Gasteiger partial charge >= 0.3 is 12.0 Å². The van der Waals surface area contributed by atoms with Crippen LogP contribution in [0.15, 0.2) is 0 Å². The van der Waals surface area contributed by atoms with Crippen molar-refractivity contribution in [3.05, 3.63) is 0 Å². The topological polar surface area (TPSA) is 60.9 Å². The van der Waals surface area contributed by atoms with E-state index in [4.69, 9.17) is 0 Å². The van der Waals surface area contributed by atoms with E-state index < -0.39 is 11.5 Å². The molecule has 1 N–H and O–H groups in total. The minimum atomic E-state index is -1.05. The monoisotopic (exact) mass is 284 g/mol. The van der Waals surface area contributed by atoms with E-state index in [0.29, 0.717) is 37.9 Å². The van der Waals surface area contributed by atoms with Gasteiger partial charge in [-0.25, -0.2) is 9.59 Å². The van der Waals surface area contributed by atoms with Gasteiger partial charge in [0, 0.05) is 19.6 Å². The second-order valence-electron chi connectivity index (χ2n) is 6.81. The van der Waals surface area contributed by atoms with E-state index >= 15 is 0 Å². The third kappa shape index (κ3) is 3.64. The Labute approximate surface area is 121 Å². The van der Waals surface area contributed by atoms with Crippen molar-refractivity contribution in [3.8, 4) is 0 Å². The quantitative estimate of drug-likeness (QED) is 0.844. The lowest BCUT2D eigenvalue weighted by Crippen LogP contribution is -2.56. The van der Waals surface area contributed by atoms with Crippen LogP contribution in [0, 0.1) is 11.8 Å². The maximum Gasteiger partial charge on any atom is 0.329 e. The molecule has 0 radical (unpaired) electrons. The molecule has 1 saturated heterocycles. The fourth-order valence-corrected chi connectivity index (χ4v) is 2.78. The Bertz CT molecular complexity index is 358. The van der Waals surface area contributed by atoms with Crippen molar-refractivity contribution in [1.82, 2.24) is 9.80 Å². The Morgan fingerprint density at radius 1 is 1.20 bits per heavy atom. The number of aliphatic carboxylic acids is 1. The lowest BCUT2D eigenvalue weighted by Gasteiger charge is -2.37. The summed E-state index contributed by atoms with van der Waals surface area (Å²) in [7, 11) is 0. The number of carboxylic acid groups (broad SMARTS) is 1. The molecule has 0 bridgehead atoms. The highest BCUT2D eigenvalue weighted by Crippen LogP contribution is 2.30. The van der Waals surface area contributed by atoms with Gasteiger partial charge in [-0.05, 0) is 31.6 Å². The van der Waals surface area contributed by atoms with E-state index in [0.717, 1.165) is 6.42 Å². The smallest absolute Gasteiger partial charge is 0.329 e. The van der Waals surface area contributed by atoms with Gasteiger partial charge in [0.15, 0.2) is 0 Å². The summed E-state index contributed by atoms with van der Waals surface area (Å²) >= 11 is 0. The van der Waals surface area contributed by atoms with Crippen molar-refractivity contribution >= 4 is 12.0 Å². The summed E-state index contributed by atoms with van der Waals surface area (Å²) in [5.41, 5.74) is -1.05. The van der Waals surface area contributed by atoms with Crippen LogP contribution in [-0.2, 0) is 4.79 Å². The normalized spacial score (nSPS) is 22.6. The second-order valence-corrected chi connectivity index (χ2v) is 6.81. The van der Waals surface area contributed by atoms with Gasteiger partial charge in [0.05, 0.1) is 0 Å². The molecule has 0 spiro atoms. The van der Waals surface area contributed by atoms with Crippen LogP contribution in [-0.4, -0.2) is 52.1 Å². The number of hydrogen-bond acceptors (Lipinski definition) is 2. The minimum Gasteiger partial charge on any atom is -0.480 e. The Kier molecular flexibility index (Phi) is 5.42. The number of amides is 2. The summed E-state index contributed by atoms with van der Waals surface area (Å²) < 4.78 is 0. The molecule has 20 heavy (non-hydrogen) atoms. The number of likely N-dealkylation sites (tertiary alicyclic amines) is 1. The van der Waals surface area contributed by atoms with Gasteiger partial charge in [0.2, 0.25) is 0 Å². The first-order valence-corrected chi connectivity index (χ1v) is 7.48. The van der Waals surface area contributed by atoms with Crippen molar-refractivity contribution in [2.45, 2.75) is 53.0 Å². The van der Waals surface area contributed by atoms with Crippen LogP contribution in [0.5, 0.6) is 0 Å². The zero-order valence-electron chi connectivity index (χ0n) is 13.3. The average molecular weight is 284 g/mol. The van der Waals surface area contributed by atoms with Crippen LogP contribution in [0.4, 0.5) is 4.79 Å². The van der Waals surface area contributed by atoms with Crippen molar-refractivity contribution < 1.29 is 14.7 Å². The maximum absolute atomic E-state index is 12.7. The summed E-state index contributed by atoms with van der Waals surface area (Å²) in [5, 5.41) is 9.42. The number of urea groups is 1. The molecule has 1 unspecified atom stereocenters. The van der Waals surface area contributed by atoms with Gasteiger partial charge in [-0.3, -0.25) is 0 Å². The molecule has 0 aromatic rings. The van der Waals surface area contributed by atoms with E-state index in [1.165, 1.54) is 0 Å². The van der Waals surface area contributed by atoms with E-state index in [1.807, 2.05) is 4.90 Å². The van der Waals surface area contributed by atoms with Crippen LogP contribution in [0.1, 0.15) is 47.5 Å². The molecule has 0 saturated carbocycles. The highest BCUT2D eigenvalue weighted by molar-refractivity contribution is 5.86. The largest absolute Gasteiger partial charge is 0.480 e. The second kappa shape index (κ2) is 6.46. The molecule has 1 fully saturated rings. The van der Waals surface area contributed by atoms with Gasteiger partial charge in [-0.1, -0.05) is 27.7 Å². The van der Waals surface area contributed by atoms with Gasteiger partial charge in [0.1, 0.15) is 5.54 Å². The van der Waals surface area contributed by atoms with Crippen LogP contribution >= 0.6 is 0 Å². The molecule has 1 rings (SSSR count). The molecule has 1 aliphatic heterocycles. The lowest BCUT2D eigenvalue weighted by molar-refractivity contribution is -0.147. The SMILES string of the molecule is CC(C)CN(CC(C)C)C(=O)N1CCCC1(C)C(=O)O. The number of hydrogen-bond donors (Lipinski definition) is 1. The van der Waals surface area contributed by atoms with Crippen LogP contribution in [0.25, 0.3) is 0 Å². The van der Waals surface area contributed by atoms with Crippen molar-refractivity contribution in [2.75, 3.05) is 19.6 Å². The third-order valence-corrected chi connectivity index (χ3v) is 3.77. The predicted octanol–water partition coefficient (Wildman–Crippen LogP) is 2.66. The highest BCUT2D eigenvalue weighted by atomic mass is 16.4. The number of rotatable bonds is 5. The van der Waals surface area contributed by atoms with Crippen molar-refractivity contribution in [2.24, 2.45) is 11.8 Å². The molecule has 1 atom stereocenters. The molecule has 0 aromatic heterocycles. The van der Waals surface area contributed by atoms with Gasteiger partial charge in [0.25, 0.3) is 0 Å². The Balaban J connectivity index is 2.90. The minimum absolute atomic E-state index is 0.130. The molecule has 2 amide bonds. The first kappa shape index (κ1) is 16.8. The molecule has 5 nitrogen and oxygen atoms in total. The number of carboxylic acids is 1. The molecule has 1 aliphatic rings. The predicted molar refractivity (Wildman–Crippen MR) is 78.6 cm³/mol. The van der Waals surface area contributed by atoms with Crippen molar-refractivity contribution in [3.63, 3.8) is 0 Å². The van der Waals surface area contributed by atoms with Gasteiger partial charge in [-0.15, -0.1) is 0 Å². The molecule has 116 valence electrons. The van der Waals surface area contributed by atoms with Crippen LogP contribution < -0.4 is 0 Å². The van der Waals surface area contributed by atoms with E-state index in [9.17, 15) is 14.7 Å². The van der Waals surface area contributed by atoms with Gasteiger partial charge in [-0.2, -0.15) is 0 Å². The van der Waals surface area contributed by atoms with Crippen molar-refractivity contribution in [1.29, 1.82) is 0 Å². The maximum atomic E-state index is 12.7. The van der Waals surface area contributed by atoms with E-state index in [2.05, 4.69) is 27.7 Å². The Morgan fingerprint density at radius 2 is 1.70 bits per heavy atom. The third-order valence-electron chi connectivity index (χ3n) is 3.77. The fraction of sp³-hybridized carbons (Fsp3) is 0.867. The molecular weight excluding hydrogens is 256 g/mol. The fourth-order valence-electron chi connectivity index (χ4n) is 2.78. The lowest BCUT2D eigenvalue weighted by atomic mass is 9.99. The standard InChI is InChI=1S/C15H28N2O3/c1-11(2)9-16(10-12(3)4)14(20)17-8-6-7-15(17,5)13(18)19/h11-12H,6-10H2,1-5H3,(H,18,19). The molecular formula is C15H28N2O3. The summed E-state index contributed by atoms with van der Waals surface area (Å²) in [5.74, 6) is -0.162. The first-order chi connectivity index (χ1) is 9.18. The molecule has 1 heterocycles.